The summed E-state index contributed by atoms with van der Waals surface area (Å²) >= 11 is 0. The van der Waals surface area contributed by atoms with Crippen LogP contribution in [0.2, 0.25) is 0 Å². The van der Waals surface area contributed by atoms with Crippen LogP contribution in [0.1, 0.15) is 25.7 Å². The van der Waals surface area contributed by atoms with Gasteiger partial charge in [0.05, 0.1) is 13.0 Å². The molecule has 0 saturated heterocycles. The summed E-state index contributed by atoms with van der Waals surface area (Å²) in [6.07, 6.45) is 3.02. The minimum absolute atomic E-state index is 0.0897. The number of hydrazine groups is 1. The molecular weight excluding hydrogens is 212 g/mol. The lowest BCUT2D eigenvalue weighted by atomic mass is 9.82. The van der Waals surface area contributed by atoms with Gasteiger partial charge in [-0.3, -0.25) is 25.2 Å². The second kappa shape index (κ2) is 6.09. The third-order valence-electron chi connectivity index (χ3n) is 2.89. The van der Waals surface area contributed by atoms with E-state index in [0.717, 1.165) is 0 Å². The van der Waals surface area contributed by atoms with Gasteiger partial charge in [0.25, 0.3) is 0 Å². The average molecular weight is 228 g/mol. The quantitative estimate of drug-likeness (QED) is 0.394. The Kier molecular flexibility index (Phi) is 4.75. The standard InChI is InChI=1S/C10H16N2O4/c1-16-10(15)8-4-2-7(3-5-8)9(14)12-11-6-13/h6-8H,2-5H2,1H3,(H,11,13)(H,12,14). The van der Waals surface area contributed by atoms with Gasteiger partial charge in [0.1, 0.15) is 0 Å². The molecule has 0 aromatic heterocycles. The number of carbonyl (C=O) groups excluding carboxylic acids is 3. The third-order valence-corrected chi connectivity index (χ3v) is 2.89. The van der Waals surface area contributed by atoms with E-state index in [0.29, 0.717) is 32.1 Å². The summed E-state index contributed by atoms with van der Waals surface area (Å²) in [4.78, 5) is 32.7. The van der Waals surface area contributed by atoms with E-state index in [9.17, 15) is 14.4 Å². The van der Waals surface area contributed by atoms with Gasteiger partial charge in [-0.1, -0.05) is 0 Å². The summed E-state index contributed by atoms with van der Waals surface area (Å²) in [5, 5.41) is 0. The lowest BCUT2D eigenvalue weighted by Crippen LogP contribution is -2.41. The number of carbonyl (C=O) groups is 3. The van der Waals surface area contributed by atoms with Gasteiger partial charge in [-0.05, 0) is 25.7 Å². The number of rotatable bonds is 4. The van der Waals surface area contributed by atoms with Crippen molar-refractivity contribution in [3.8, 4) is 0 Å². The minimum Gasteiger partial charge on any atom is -0.469 e. The Bertz CT molecular complexity index is 272. The van der Waals surface area contributed by atoms with Crippen molar-refractivity contribution >= 4 is 18.3 Å². The maximum absolute atomic E-state index is 11.5. The van der Waals surface area contributed by atoms with E-state index in [4.69, 9.17) is 0 Å². The van der Waals surface area contributed by atoms with E-state index in [1.807, 2.05) is 0 Å². The smallest absolute Gasteiger partial charge is 0.308 e. The van der Waals surface area contributed by atoms with Gasteiger partial charge in [0.2, 0.25) is 12.3 Å². The summed E-state index contributed by atoms with van der Waals surface area (Å²) < 4.78 is 4.65. The molecule has 1 aliphatic rings. The molecule has 0 atom stereocenters. The zero-order valence-electron chi connectivity index (χ0n) is 9.19. The van der Waals surface area contributed by atoms with Gasteiger partial charge in [0.15, 0.2) is 0 Å². The first-order valence-electron chi connectivity index (χ1n) is 5.26. The van der Waals surface area contributed by atoms with Gasteiger partial charge in [-0.2, -0.15) is 0 Å². The van der Waals surface area contributed by atoms with Crippen LogP contribution in [-0.4, -0.2) is 25.4 Å². The fraction of sp³-hybridized carbons (Fsp3) is 0.700. The Labute approximate surface area is 93.7 Å². The molecule has 0 heterocycles. The van der Waals surface area contributed by atoms with E-state index < -0.39 is 0 Å². The summed E-state index contributed by atoms with van der Waals surface area (Å²) in [6.45, 7) is 0. The predicted molar refractivity (Wildman–Crippen MR) is 54.8 cm³/mol. The van der Waals surface area contributed by atoms with Crippen molar-refractivity contribution in [2.75, 3.05) is 7.11 Å². The molecular formula is C10H16N2O4. The Morgan fingerprint density at radius 1 is 1.19 bits per heavy atom. The molecule has 0 aliphatic heterocycles. The van der Waals surface area contributed by atoms with Crippen molar-refractivity contribution in [1.82, 2.24) is 10.9 Å². The van der Waals surface area contributed by atoms with Crippen LogP contribution >= 0.6 is 0 Å². The summed E-state index contributed by atoms with van der Waals surface area (Å²) in [7, 11) is 1.37. The second-order valence-electron chi connectivity index (χ2n) is 3.82. The first-order chi connectivity index (χ1) is 7.69. The molecule has 2 amide bonds. The van der Waals surface area contributed by atoms with Crippen LogP contribution < -0.4 is 10.9 Å². The normalized spacial score (nSPS) is 24.3. The van der Waals surface area contributed by atoms with Crippen molar-refractivity contribution in [2.45, 2.75) is 25.7 Å². The van der Waals surface area contributed by atoms with Gasteiger partial charge in [0, 0.05) is 5.92 Å². The Hall–Kier alpha value is -1.59. The Balaban J connectivity index is 2.33. The molecule has 2 N–H and O–H groups in total. The van der Waals surface area contributed by atoms with Crippen LogP contribution in [0.4, 0.5) is 0 Å². The van der Waals surface area contributed by atoms with Crippen molar-refractivity contribution in [3.63, 3.8) is 0 Å². The number of methoxy groups -OCH3 is 1. The molecule has 90 valence electrons. The predicted octanol–water partition coefficient (Wildman–Crippen LogP) is -0.257. The zero-order valence-corrected chi connectivity index (χ0v) is 9.19. The summed E-state index contributed by atoms with van der Waals surface area (Å²) in [6, 6.07) is 0. The highest BCUT2D eigenvalue weighted by Gasteiger charge is 2.30. The lowest BCUT2D eigenvalue weighted by molar-refractivity contribution is -0.147. The van der Waals surface area contributed by atoms with E-state index >= 15 is 0 Å². The van der Waals surface area contributed by atoms with Crippen LogP contribution in [0.15, 0.2) is 0 Å². The number of nitrogens with one attached hydrogen (secondary N) is 2. The van der Waals surface area contributed by atoms with Crippen molar-refractivity contribution in [2.24, 2.45) is 11.8 Å². The van der Waals surface area contributed by atoms with Crippen molar-refractivity contribution in [1.29, 1.82) is 0 Å². The zero-order chi connectivity index (χ0) is 12.0. The van der Waals surface area contributed by atoms with Crippen LogP contribution in [-0.2, 0) is 19.1 Å². The van der Waals surface area contributed by atoms with Crippen LogP contribution in [0, 0.1) is 11.8 Å². The molecule has 1 saturated carbocycles. The number of ether oxygens (including phenoxy) is 1. The Morgan fingerprint density at radius 2 is 1.75 bits per heavy atom. The SMILES string of the molecule is COC(=O)C1CCC(C(=O)NNC=O)CC1. The fourth-order valence-electron chi connectivity index (χ4n) is 1.96. The average Bonchev–Trinajstić information content (AvgIpc) is 2.35. The van der Waals surface area contributed by atoms with E-state index in [1.54, 1.807) is 0 Å². The molecule has 6 nitrogen and oxygen atoms in total. The van der Waals surface area contributed by atoms with E-state index in [-0.39, 0.29) is 23.7 Å². The number of hydrogen-bond donors (Lipinski definition) is 2. The van der Waals surface area contributed by atoms with Gasteiger partial charge in [-0.15, -0.1) is 0 Å². The summed E-state index contributed by atoms with van der Waals surface area (Å²) in [5.74, 6) is -0.623. The molecule has 16 heavy (non-hydrogen) atoms. The van der Waals surface area contributed by atoms with Crippen LogP contribution in [0.5, 0.6) is 0 Å². The number of amides is 2. The molecule has 6 heteroatoms. The Morgan fingerprint density at radius 3 is 2.25 bits per heavy atom. The molecule has 0 bridgehead atoms. The molecule has 0 aromatic carbocycles. The highest BCUT2D eigenvalue weighted by molar-refractivity contribution is 5.80. The van der Waals surface area contributed by atoms with Gasteiger partial charge in [-0.25, -0.2) is 0 Å². The van der Waals surface area contributed by atoms with E-state index in [1.165, 1.54) is 7.11 Å². The van der Waals surface area contributed by atoms with Gasteiger partial charge < -0.3 is 4.74 Å². The molecule has 1 rings (SSSR count). The number of esters is 1. The highest BCUT2D eigenvalue weighted by atomic mass is 16.5. The molecule has 1 aliphatic carbocycles. The van der Waals surface area contributed by atoms with Crippen LogP contribution in [0.25, 0.3) is 0 Å². The monoisotopic (exact) mass is 228 g/mol. The van der Waals surface area contributed by atoms with Crippen molar-refractivity contribution in [3.05, 3.63) is 0 Å². The van der Waals surface area contributed by atoms with Crippen molar-refractivity contribution < 1.29 is 19.1 Å². The topological polar surface area (TPSA) is 84.5 Å². The maximum Gasteiger partial charge on any atom is 0.308 e. The third kappa shape index (κ3) is 3.22. The molecule has 1 fully saturated rings. The lowest BCUT2D eigenvalue weighted by Gasteiger charge is -2.25. The molecule has 0 radical (unpaired) electrons. The maximum atomic E-state index is 11.5. The fourth-order valence-corrected chi connectivity index (χ4v) is 1.96. The first-order valence-corrected chi connectivity index (χ1v) is 5.26. The second-order valence-corrected chi connectivity index (χ2v) is 3.82. The first kappa shape index (κ1) is 12.5. The van der Waals surface area contributed by atoms with Crippen LogP contribution in [0.3, 0.4) is 0 Å². The minimum atomic E-state index is -0.204. The molecule has 0 unspecified atom stereocenters. The van der Waals surface area contributed by atoms with E-state index in [2.05, 4.69) is 15.6 Å². The summed E-state index contributed by atoms with van der Waals surface area (Å²) in [5.41, 5.74) is 4.41. The largest absolute Gasteiger partial charge is 0.469 e. The highest BCUT2D eigenvalue weighted by Crippen LogP contribution is 2.29. The molecule has 0 aromatic rings. The number of hydrogen-bond acceptors (Lipinski definition) is 4. The van der Waals surface area contributed by atoms with Gasteiger partial charge >= 0.3 is 5.97 Å². The molecule has 0 spiro atoms.